The maximum Gasteiger partial charge on any atom is 0.333 e. The van der Waals surface area contributed by atoms with E-state index < -0.39 is 12.1 Å². The molecule has 0 radical (unpaired) electrons. The Morgan fingerprint density at radius 3 is 2.34 bits per heavy atom. The second kappa shape index (κ2) is 16.3. The average molecular weight is 453 g/mol. The summed E-state index contributed by atoms with van der Waals surface area (Å²) in [5.41, 5.74) is 0.858. The summed E-state index contributed by atoms with van der Waals surface area (Å²) in [5, 5.41) is 12.2. The molecule has 1 aromatic rings. The quantitative estimate of drug-likeness (QED) is 0.351. The predicted octanol–water partition coefficient (Wildman–Crippen LogP) is 3.58. The van der Waals surface area contributed by atoms with Crippen LogP contribution in [0.3, 0.4) is 0 Å². The molecule has 0 aliphatic rings. The standard InChI is InChI=1S/C24H40N2O6/c1-5-7-14-30-15-12-26(24(29)25-18-19(3)4)13-16-32-21-10-8-20(9-11-21)17-22(23(27)28)31-6-2/h8-11,19,22H,5-7,12-18H2,1-4H3,(H,25,29)(H,27,28). The van der Waals surface area contributed by atoms with Crippen LogP contribution in [0.25, 0.3) is 0 Å². The van der Waals surface area contributed by atoms with Crippen LogP contribution < -0.4 is 10.1 Å². The minimum absolute atomic E-state index is 0.118. The molecule has 0 heterocycles. The van der Waals surface area contributed by atoms with E-state index in [2.05, 4.69) is 26.1 Å². The number of carbonyl (C=O) groups excluding carboxylic acids is 1. The van der Waals surface area contributed by atoms with Crippen LogP contribution in [0.15, 0.2) is 24.3 Å². The van der Waals surface area contributed by atoms with Gasteiger partial charge in [0.1, 0.15) is 12.4 Å². The summed E-state index contributed by atoms with van der Waals surface area (Å²) >= 11 is 0. The highest BCUT2D eigenvalue weighted by molar-refractivity contribution is 5.74. The molecule has 0 saturated heterocycles. The summed E-state index contributed by atoms with van der Waals surface area (Å²) in [4.78, 5) is 25.5. The third-order valence-corrected chi connectivity index (χ3v) is 4.71. The van der Waals surface area contributed by atoms with Gasteiger partial charge in [0.2, 0.25) is 0 Å². The van der Waals surface area contributed by atoms with Crippen molar-refractivity contribution in [2.45, 2.75) is 53.1 Å². The lowest BCUT2D eigenvalue weighted by atomic mass is 10.1. The van der Waals surface area contributed by atoms with E-state index in [1.54, 1.807) is 24.0 Å². The molecule has 1 unspecified atom stereocenters. The summed E-state index contributed by atoms with van der Waals surface area (Å²) in [6.45, 7) is 11.4. The SMILES string of the molecule is CCCCOCCN(CCOc1ccc(CC(OCC)C(=O)O)cc1)C(=O)NCC(C)C. The van der Waals surface area contributed by atoms with Crippen LogP contribution in [0, 0.1) is 5.92 Å². The topological polar surface area (TPSA) is 97.3 Å². The number of carboxylic acid groups (broad SMARTS) is 1. The lowest BCUT2D eigenvalue weighted by Gasteiger charge is -2.24. The number of unbranched alkanes of at least 4 members (excludes halogenated alkanes) is 1. The molecule has 0 aliphatic heterocycles. The van der Waals surface area contributed by atoms with Crippen LogP contribution in [-0.4, -0.2) is 74.2 Å². The predicted molar refractivity (Wildman–Crippen MR) is 124 cm³/mol. The van der Waals surface area contributed by atoms with Gasteiger partial charge < -0.3 is 29.5 Å². The number of benzene rings is 1. The van der Waals surface area contributed by atoms with E-state index in [-0.39, 0.29) is 6.03 Å². The van der Waals surface area contributed by atoms with Crippen molar-refractivity contribution < 1.29 is 28.9 Å². The Kier molecular flexibility index (Phi) is 14.1. The van der Waals surface area contributed by atoms with E-state index in [4.69, 9.17) is 14.2 Å². The second-order valence-corrected chi connectivity index (χ2v) is 8.01. The third kappa shape index (κ3) is 11.9. The molecule has 8 heteroatoms. The molecule has 0 saturated carbocycles. The first-order valence-corrected chi connectivity index (χ1v) is 11.5. The maximum absolute atomic E-state index is 12.5. The second-order valence-electron chi connectivity index (χ2n) is 8.01. The first kappa shape index (κ1) is 27.7. The van der Waals surface area contributed by atoms with Gasteiger partial charge in [0.25, 0.3) is 0 Å². The van der Waals surface area contributed by atoms with Gasteiger partial charge in [-0.15, -0.1) is 0 Å². The fourth-order valence-corrected chi connectivity index (χ4v) is 2.87. The number of carbonyl (C=O) groups is 2. The van der Waals surface area contributed by atoms with Crippen LogP contribution in [-0.2, 0) is 20.7 Å². The number of hydrogen-bond donors (Lipinski definition) is 2. The summed E-state index contributed by atoms with van der Waals surface area (Å²) < 4.78 is 16.7. The van der Waals surface area contributed by atoms with Crippen molar-refractivity contribution in [2.24, 2.45) is 5.92 Å². The molecule has 0 aromatic heterocycles. The molecule has 32 heavy (non-hydrogen) atoms. The van der Waals surface area contributed by atoms with E-state index >= 15 is 0 Å². The fraction of sp³-hybridized carbons (Fsp3) is 0.667. The fourth-order valence-electron chi connectivity index (χ4n) is 2.87. The normalized spacial score (nSPS) is 11.9. The highest BCUT2D eigenvalue weighted by Crippen LogP contribution is 2.14. The molecular weight excluding hydrogens is 412 g/mol. The van der Waals surface area contributed by atoms with Gasteiger partial charge in [0.05, 0.1) is 13.2 Å². The van der Waals surface area contributed by atoms with Gasteiger partial charge in [-0.2, -0.15) is 0 Å². The third-order valence-electron chi connectivity index (χ3n) is 4.71. The summed E-state index contributed by atoms with van der Waals surface area (Å²) in [5.74, 6) is 0.0697. The van der Waals surface area contributed by atoms with E-state index in [9.17, 15) is 14.7 Å². The molecular formula is C24H40N2O6. The summed E-state index contributed by atoms with van der Waals surface area (Å²) in [7, 11) is 0. The number of rotatable bonds is 17. The van der Waals surface area contributed by atoms with Crippen molar-refractivity contribution in [3.63, 3.8) is 0 Å². The van der Waals surface area contributed by atoms with E-state index in [0.29, 0.717) is 64.2 Å². The van der Waals surface area contributed by atoms with Crippen LogP contribution in [0.4, 0.5) is 4.79 Å². The number of nitrogens with one attached hydrogen (secondary N) is 1. The zero-order valence-corrected chi connectivity index (χ0v) is 20.0. The number of carboxylic acids is 1. The number of aliphatic carboxylic acids is 1. The minimum Gasteiger partial charge on any atom is -0.492 e. The van der Waals surface area contributed by atoms with Gasteiger partial charge in [0.15, 0.2) is 6.10 Å². The van der Waals surface area contributed by atoms with Crippen LogP contribution in [0.2, 0.25) is 0 Å². The Hall–Kier alpha value is -2.32. The smallest absolute Gasteiger partial charge is 0.333 e. The largest absolute Gasteiger partial charge is 0.492 e. The Bertz CT molecular complexity index is 650. The van der Waals surface area contributed by atoms with Crippen LogP contribution >= 0.6 is 0 Å². The van der Waals surface area contributed by atoms with E-state index in [0.717, 1.165) is 18.4 Å². The highest BCUT2D eigenvalue weighted by Gasteiger charge is 2.18. The Labute approximate surface area is 192 Å². The zero-order valence-electron chi connectivity index (χ0n) is 20.0. The molecule has 8 nitrogen and oxygen atoms in total. The first-order valence-electron chi connectivity index (χ1n) is 11.5. The van der Waals surface area contributed by atoms with Crippen molar-refractivity contribution in [1.82, 2.24) is 10.2 Å². The molecule has 1 aromatic carbocycles. The van der Waals surface area contributed by atoms with E-state index in [1.807, 2.05) is 12.1 Å². The Balaban J connectivity index is 2.53. The number of urea groups is 1. The van der Waals surface area contributed by atoms with Crippen molar-refractivity contribution in [3.05, 3.63) is 29.8 Å². The molecule has 0 spiro atoms. The lowest BCUT2D eigenvalue weighted by molar-refractivity contribution is -0.149. The number of nitrogens with zero attached hydrogens (tertiary/aromatic N) is 1. The van der Waals surface area contributed by atoms with Crippen LogP contribution in [0.1, 0.15) is 46.1 Å². The number of hydrogen-bond acceptors (Lipinski definition) is 5. The highest BCUT2D eigenvalue weighted by atomic mass is 16.5. The molecule has 182 valence electrons. The van der Waals surface area contributed by atoms with Gasteiger partial charge in [-0.25, -0.2) is 9.59 Å². The Morgan fingerprint density at radius 2 is 1.75 bits per heavy atom. The van der Waals surface area contributed by atoms with Crippen molar-refractivity contribution in [2.75, 3.05) is 46.1 Å². The van der Waals surface area contributed by atoms with Crippen molar-refractivity contribution >= 4 is 12.0 Å². The van der Waals surface area contributed by atoms with Gasteiger partial charge in [-0.05, 0) is 37.0 Å². The molecule has 2 N–H and O–H groups in total. The molecule has 1 atom stereocenters. The van der Waals surface area contributed by atoms with Gasteiger partial charge in [-0.3, -0.25) is 0 Å². The van der Waals surface area contributed by atoms with Gasteiger partial charge >= 0.3 is 12.0 Å². The number of ether oxygens (including phenoxy) is 3. The van der Waals surface area contributed by atoms with Crippen LogP contribution in [0.5, 0.6) is 5.75 Å². The molecule has 2 amide bonds. The minimum atomic E-state index is -0.971. The molecule has 1 rings (SSSR count). The van der Waals surface area contributed by atoms with Gasteiger partial charge in [-0.1, -0.05) is 39.3 Å². The van der Waals surface area contributed by atoms with E-state index in [1.165, 1.54) is 0 Å². The maximum atomic E-state index is 12.5. The van der Waals surface area contributed by atoms with Gasteiger partial charge in [0, 0.05) is 32.7 Å². The molecule has 0 fully saturated rings. The summed E-state index contributed by atoms with van der Waals surface area (Å²) in [6, 6.07) is 7.15. The Morgan fingerprint density at radius 1 is 1.06 bits per heavy atom. The monoisotopic (exact) mass is 452 g/mol. The first-order chi connectivity index (χ1) is 15.4. The summed E-state index contributed by atoms with van der Waals surface area (Å²) in [6.07, 6.45) is 1.53. The lowest BCUT2D eigenvalue weighted by Crippen LogP contribution is -2.44. The molecule has 0 aliphatic carbocycles. The number of amides is 2. The molecule has 0 bridgehead atoms. The van der Waals surface area contributed by atoms with Crippen molar-refractivity contribution in [1.29, 1.82) is 0 Å². The van der Waals surface area contributed by atoms with Crippen molar-refractivity contribution in [3.8, 4) is 5.75 Å². The zero-order chi connectivity index (χ0) is 23.8. The average Bonchev–Trinajstić information content (AvgIpc) is 2.76.